The van der Waals surface area contributed by atoms with E-state index < -0.39 is 5.63 Å². The predicted molar refractivity (Wildman–Crippen MR) is 343 cm³/mol. The van der Waals surface area contributed by atoms with Gasteiger partial charge in [0.25, 0.3) is 5.63 Å². The second-order valence-corrected chi connectivity index (χ2v) is 20.4. The molecule has 0 aliphatic carbocycles. The van der Waals surface area contributed by atoms with Crippen LogP contribution in [0, 0.1) is 18.2 Å². The van der Waals surface area contributed by atoms with Gasteiger partial charge in [0.05, 0.1) is 33.4 Å². The molecule has 449 valence electrons. The Labute approximate surface area is 549 Å². The number of hydrogen-bond acceptors (Lipinski definition) is 13. The summed E-state index contributed by atoms with van der Waals surface area (Å²) in [6, 6.07) is 69.1. The monoisotopic (exact) mass is 1710 g/mol. The number of nitrogens with zero attached hydrogens (tertiary/aromatic N) is 4. The molecule has 0 atom stereocenters. The molecule has 0 spiro atoms. The third kappa shape index (κ3) is 20.9. The molecule has 8 aromatic carbocycles. The van der Waals surface area contributed by atoms with Gasteiger partial charge in [-0.05, 0) is 104 Å². The van der Waals surface area contributed by atoms with E-state index in [1.165, 1.54) is 109 Å². The zero-order valence-electron chi connectivity index (χ0n) is 48.7. The van der Waals surface area contributed by atoms with Crippen molar-refractivity contribution in [3.63, 3.8) is 0 Å². The van der Waals surface area contributed by atoms with Crippen LogP contribution >= 0.6 is 11.3 Å². The van der Waals surface area contributed by atoms with Crippen LogP contribution in [0.25, 0.3) is 97.4 Å². The molecule has 4 aromatic heterocycles. The minimum absolute atomic E-state index is 0. The average molecular weight is 1710 g/mol. The Morgan fingerprint density at radius 1 is 0.552 bits per heavy atom. The van der Waals surface area contributed by atoms with E-state index >= 15 is 0 Å². The number of carbonyl (C=O) groups is 3. The average Bonchev–Trinajstić information content (AvgIpc) is 2.71. The standard InChI is InChI=1S/2C19H12N.C18H13N2O2S.3C5H8O2.3Ir/c1-2-8-16-13-20-19(12-15(16)7-1)18-11-5-9-14-6-3-4-10-17(14)18;1-2-7-16-13-17(10-9-14(16)5-1)19-18-8-4-3-6-15(18)11-12-20-19;1-20(2)12-8-7-11-9-13(18(21)22-15(11)10-12)17-19-14-5-3-4-6-16(14)23-17;3*1-4(6)3-5(2)7;;;/h1-10,12-13H;1-9,11-13H;3-8,10H,1-2H3;3*3,6H,1-2H3;;;/q3*-1;;;;;;. The largest absolute Gasteiger partial charge is 0.512 e. The molecule has 0 saturated heterocycles. The second kappa shape index (κ2) is 34.7. The van der Waals surface area contributed by atoms with Crippen molar-refractivity contribution in [2.45, 2.75) is 41.5 Å². The number of rotatable bonds is 7. The van der Waals surface area contributed by atoms with Crippen molar-refractivity contribution < 1.29 is 94.4 Å². The van der Waals surface area contributed by atoms with Gasteiger partial charge in [0.2, 0.25) is 0 Å². The van der Waals surface area contributed by atoms with E-state index in [1.807, 2.05) is 104 Å². The molecule has 0 fully saturated rings. The van der Waals surface area contributed by atoms with Crippen LogP contribution in [0.15, 0.2) is 233 Å². The van der Waals surface area contributed by atoms with Crippen LogP contribution in [0.3, 0.4) is 0 Å². The number of anilines is 1. The third-order valence-corrected chi connectivity index (χ3v) is 13.2. The van der Waals surface area contributed by atoms with Gasteiger partial charge >= 0.3 is 0 Å². The van der Waals surface area contributed by atoms with Gasteiger partial charge in [-0.3, -0.25) is 24.2 Å². The molecule has 0 unspecified atom stereocenters. The molecule has 0 amide bonds. The van der Waals surface area contributed by atoms with Crippen molar-refractivity contribution in [1.82, 2.24) is 15.0 Å². The number of allylic oxidation sites excluding steroid dienone is 6. The van der Waals surface area contributed by atoms with E-state index in [0.717, 1.165) is 49.2 Å². The Balaban J connectivity index is 0.000000237. The Bertz CT molecular complexity index is 4200. The molecule has 4 heterocycles. The zero-order chi connectivity index (χ0) is 60.3. The fourth-order valence-electron chi connectivity index (χ4n) is 8.51. The van der Waals surface area contributed by atoms with Gasteiger partial charge in [-0.2, -0.15) is 11.3 Å². The van der Waals surface area contributed by atoms with Gasteiger partial charge in [-0.25, -0.2) is 0 Å². The fourth-order valence-corrected chi connectivity index (χ4v) is 9.46. The number of aliphatic hydroxyl groups excluding tert-OH is 3. The van der Waals surface area contributed by atoms with Crippen LogP contribution in [-0.4, -0.2) is 61.7 Å². The molecule has 0 aliphatic heterocycles. The summed E-state index contributed by atoms with van der Waals surface area (Å²) in [6.07, 6.45) is 7.29. The number of hydrogen-bond donors (Lipinski definition) is 3. The van der Waals surface area contributed by atoms with E-state index in [4.69, 9.17) is 19.7 Å². The Morgan fingerprint density at radius 3 is 1.66 bits per heavy atom. The summed E-state index contributed by atoms with van der Waals surface area (Å²) in [5, 5.41) is 36.1. The summed E-state index contributed by atoms with van der Waals surface area (Å²) in [4.78, 5) is 58.0. The van der Waals surface area contributed by atoms with Crippen LogP contribution in [-0.2, 0) is 74.7 Å². The molecule has 12 nitrogen and oxygen atoms in total. The van der Waals surface area contributed by atoms with Crippen molar-refractivity contribution in [3.05, 3.63) is 252 Å². The Kier molecular flexibility index (Phi) is 28.3. The molecule has 3 N–H and O–H groups in total. The smallest absolute Gasteiger partial charge is 0.269 e. The van der Waals surface area contributed by atoms with E-state index in [0.29, 0.717) is 16.2 Å². The predicted octanol–water partition coefficient (Wildman–Crippen LogP) is 16.8. The van der Waals surface area contributed by atoms with Crippen molar-refractivity contribution in [2.75, 3.05) is 19.0 Å². The first-order chi connectivity index (χ1) is 40.3. The van der Waals surface area contributed by atoms with Crippen LogP contribution in [0.2, 0.25) is 0 Å². The minimum Gasteiger partial charge on any atom is -0.512 e. The SMILES string of the molecule is CC(=O)C=C(C)O.CC(=O)C=C(C)O.CC(=O)C=C(C)O.CN(C)c1ccc2[c-]c(-c3nc4ccccc4s3)c(=O)oc2c1.[Ir].[Ir].[Ir].[c-]1cc2ccccc2cc1-c1nccc2ccccc12.[c-]1ccc2ccccc2c1-c1cc2ccccc2cn1. The summed E-state index contributed by atoms with van der Waals surface area (Å²) >= 11 is 1.47. The molecule has 0 bridgehead atoms. The number of para-hydroxylation sites is 1. The normalized spacial score (nSPS) is 10.8. The number of fused-ring (bicyclic) bond motifs is 6. The van der Waals surface area contributed by atoms with Crippen LogP contribution in [0.1, 0.15) is 41.5 Å². The number of benzene rings is 8. The summed E-state index contributed by atoms with van der Waals surface area (Å²) in [5.41, 5.74) is 6.43. The first-order valence-corrected chi connectivity index (χ1v) is 27.3. The molecular formula is C71H61Ir3N4O8S-3. The number of aliphatic hydroxyl groups is 3. The van der Waals surface area contributed by atoms with Gasteiger partial charge in [-0.15, -0.1) is 70.4 Å². The van der Waals surface area contributed by atoms with Gasteiger partial charge in [-0.1, -0.05) is 137 Å². The molecular weight excluding hydrogens is 1650 g/mol. The van der Waals surface area contributed by atoms with Gasteiger partial charge in [0.15, 0.2) is 17.3 Å². The van der Waals surface area contributed by atoms with Crippen molar-refractivity contribution in [2.24, 2.45) is 0 Å². The molecule has 16 heteroatoms. The van der Waals surface area contributed by atoms with Gasteiger partial charge in [0, 0.05) is 115 Å². The van der Waals surface area contributed by atoms with Crippen LogP contribution in [0.4, 0.5) is 5.69 Å². The van der Waals surface area contributed by atoms with Crippen molar-refractivity contribution in [3.8, 4) is 33.1 Å². The molecule has 0 saturated carbocycles. The third-order valence-electron chi connectivity index (χ3n) is 12.1. The molecule has 12 aromatic rings. The van der Waals surface area contributed by atoms with Gasteiger partial charge in [0.1, 0.15) is 0 Å². The summed E-state index contributed by atoms with van der Waals surface area (Å²) in [5.74, 6) is -0.187. The van der Waals surface area contributed by atoms with E-state index in [9.17, 15) is 19.2 Å². The first kappa shape index (κ1) is 71.1. The quantitative estimate of drug-likeness (QED) is 0.0595. The Morgan fingerprint density at radius 2 is 1.08 bits per heavy atom. The number of pyridine rings is 2. The van der Waals surface area contributed by atoms with E-state index in [2.05, 4.69) is 136 Å². The van der Waals surface area contributed by atoms with Gasteiger partial charge < -0.3 is 34.6 Å². The van der Waals surface area contributed by atoms with Crippen molar-refractivity contribution in [1.29, 1.82) is 0 Å². The number of carbonyl (C=O) groups excluding carboxylic acids is 3. The van der Waals surface area contributed by atoms with Crippen LogP contribution in [0.5, 0.6) is 0 Å². The molecule has 0 aliphatic rings. The first-order valence-electron chi connectivity index (χ1n) is 26.5. The van der Waals surface area contributed by atoms with E-state index in [1.54, 1.807) is 0 Å². The maximum absolute atomic E-state index is 12.3. The summed E-state index contributed by atoms with van der Waals surface area (Å²) in [7, 11) is 3.89. The number of ketones is 3. The maximum atomic E-state index is 12.3. The zero-order valence-corrected chi connectivity index (χ0v) is 56.7. The minimum atomic E-state index is -0.410. The molecule has 87 heavy (non-hydrogen) atoms. The number of thiazole rings is 1. The van der Waals surface area contributed by atoms with E-state index in [-0.39, 0.29) is 94.9 Å². The maximum Gasteiger partial charge on any atom is 0.269 e. The Hall–Kier alpha value is -8.42. The fraction of sp³-hybridized carbons (Fsp3) is 0.113. The van der Waals surface area contributed by atoms with Crippen molar-refractivity contribution >= 4 is 98.6 Å². The summed E-state index contributed by atoms with van der Waals surface area (Å²) < 4.78 is 6.53. The topological polar surface area (TPSA) is 184 Å². The second-order valence-electron chi connectivity index (χ2n) is 19.4. The summed E-state index contributed by atoms with van der Waals surface area (Å²) in [6.45, 7) is 8.54. The van der Waals surface area contributed by atoms with Crippen LogP contribution < -0.4 is 10.5 Å². The molecule has 3 radical (unpaired) electrons. The number of aromatic nitrogens is 3. The molecule has 12 rings (SSSR count).